The first-order valence-corrected chi connectivity index (χ1v) is 9.92. The van der Waals surface area contributed by atoms with Crippen molar-refractivity contribution in [3.63, 3.8) is 0 Å². The van der Waals surface area contributed by atoms with Crippen LogP contribution < -0.4 is 5.73 Å². The Kier molecular flexibility index (Phi) is 5.42. The van der Waals surface area contributed by atoms with E-state index in [4.69, 9.17) is 5.73 Å². The second-order valence-electron chi connectivity index (χ2n) is 4.19. The molecule has 0 saturated carbocycles. The SMILES string of the molecule is CC1C[C@@H](c2cc(C#CSI)ccc2F)N=C(N)S1. The van der Waals surface area contributed by atoms with Crippen LogP contribution in [0.2, 0.25) is 0 Å². The summed E-state index contributed by atoms with van der Waals surface area (Å²) in [7, 11) is 1.41. The van der Waals surface area contributed by atoms with Crippen LogP contribution in [0.15, 0.2) is 23.2 Å². The fourth-order valence-corrected chi connectivity index (χ4v) is 3.32. The molecule has 0 aromatic heterocycles. The van der Waals surface area contributed by atoms with Crippen molar-refractivity contribution in [1.29, 1.82) is 0 Å². The van der Waals surface area contributed by atoms with Gasteiger partial charge in [-0.2, -0.15) is 0 Å². The van der Waals surface area contributed by atoms with E-state index in [9.17, 15) is 4.39 Å². The summed E-state index contributed by atoms with van der Waals surface area (Å²) in [5, 5.41) is 3.78. The molecule has 0 aliphatic carbocycles. The van der Waals surface area contributed by atoms with Gasteiger partial charge in [0.05, 0.1) is 6.04 Å². The average Bonchev–Trinajstić information content (AvgIpc) is 2.36. The van der Waals surface area contributed by atoms with Gasteiger partial charge in [0, 0.05) is 37.6 Å². The van der Waals surface area contributed by atoms with E-state index in [0.717, 1.165) is 12.0 Å². The second kappa shape index (κ2) is 6.86. The van der Waals surface area contributed by atoms with E-state index in [1.54, 1.807) is 12.1 Å². The summed E-state index contributed by atoms with van der Waals surface area (Å²) in [4.78, 5) is 4.35. The van der Waals surface area contributed by atoms with E-state index < -0.39 is 0 Å². The predicted molar refractivity (Wildman–Crippen MR) is 90.9 cm³/mol. The molecule has 2 atom stereocenters. The predicted octanol–water partition coefficient (Wildman–Crippen LogP) is 4.10. The quantitative estimate of drug-likeness (QED) is 0.564. The molecule has 0 radical (unpaired) electrons. The molecule has 1 aromatic rings. The lowest BCUT2D eigenvalue weighted by molar-refractivity contribution is 0.562. The molecule has 100 valence electrons. The zero-order valence-corrected chi connectivity index (χ0v) is 14.0. The van der Waals surface area contributed by atoms with E-state index in [1.165, 1.54) is 26.8 Å². The third-order valence-corrected chi connectivity index (χ3v) is 4.53. The van der Waals surface area contributed by atoms with Crippen molar-refractivity contribution in [3.05, 3.63) is 35.1 Å². The summed E-state index contributed by atoms with van der Waals surface area (Å²) in [6.45, 7) is 2.08. The van der Waals surface area contributed by atoms with E-state index in [2.05, 4.69) is 44.3 Å². The molecule has 1 unspecified atom stereocenters. The molecule has 2 rings (SSSR count). The molecular weight excluding hydrogens is 394 g/mol. The highest BCUT2D eigenvalue weighted by Crippen LogP contribution is 2.34. The molecule has 19 heavy (non-hydrogen) atoms. The first-order valence-electron chi connectivity index (χ1n) is 5.68. The first-order chi connectivity index (χ1) is 9.10. The number of amidine groups is 1. The van der Waals surface area contributed by atoms with Gasteiger partial charge < -0.3 is 5.73 Å². The van der Waals surface area contributed by atoms with Gasteiger partial charge in [0.1, 0.15) is 5.82 Å². The van der Waals surface area contributed by atoms with Crippen molar-refractivity contribution in [3.8, 4) is 11.2 Å². The van der Waals surface area contributed by atoms with Gasteiger partial charge in [-0.25, -0.2) is 4.39 Å². The Morgan fingerprint density at radius 3 is 3.05 bits per heavy atom. The Morgan fingerprint density at radius 1 is 1.58 bits per heavy atom. The molecule has 1 aliphatic heterocycles. The van der Waals surface area contributed by atoms with Crippen LogP contribution in [0.1, 0.15) is 30.5 Å². The maximum Gasteiger partial charge on any atom is 0.154 e. The van der Waals surface area contributed by atoms with Crippen LogP contribution in [0.25, 0.3) is 0 Å². The van der Waals surface area contributed by atoms with Gasteiger partial charge in [-0.05, 0) is 38.8 Å². The Morgan fingerprint density at radius 2 is 2.37 bits per heavy atom. The molecule has 6 heteroatoms. The Balaban J connectivity index is 2.35. The largest absolute Gasteiger partial charge is 0.379 e. The lowest BCUT2D eigenvalue weighted by Crippen LogP contribution is -2.21. The zero-order chi connectivity index (χ0) is 13.8. The number of benzene rings is 1. The number of thioether (sulfide) groups is 1. The van der Waals surface area contributed by atoms with Crippen LogP contribution in [-0.2, 0) is 0 Å². The third-order valence-electron chi connectivity index (χ3n) is 2.75. The highest BCUT2D eigenvalue weighted by Gasteiger charge is 2.23. The Labute approximate surface area is 132 Å². The normalized spacial score (nSPS) is 22.4. The van der Waals surface area contributed by atoms with Crippen LogP contribution in [-0.4, -0.2) is 10.4 Å². The summed E-state index contributed by atoms with van der Waals surface area (Å²) in [5.41, 5.74) is 7.17. The van der Waals surface area contributed by atoms with Crippen molar-refractivity contribution < 1.29 is 4.39 Å². The fourth-order valence-electron chi connectivity index (χ4n) is 1.96. The van der Waals surface area contributed by atoms with Crippen molar-refractivity contribution in [2.45, 2.75) is 24.6 Å². The molecular formula is C13H12FIN2S2. The van der Waals surface area contributed by atoms with E-state index in [-0.39, 0.29) is 11.9 Å². The monoisotopic (exact) mass is 406 g/mol. The molecule has 0 bridgehead atoms. The molecule has 0 spiro atoms. The lowest BCUT2D eigenvalue weighted by atomic mass is 10.00. The molecule has 0 fully saturated rings. The number of aliphatic imine (C=N–C) groups is 1. The van der Waals surface area contributed by atoms with Crippen LogP contribution in [0, 0.1) is 17.0 Å². The number of halogens is 2. The number of nitrogens with zero attached hydrogens (tertiary/aromatic N) is 1. The second-order valence-corrected chi connectivity index (χ2v) is 7.33. The molecule has 0 amide bonds. The van der Waals surface area contributed by atoms with Crippen LogP contribution >= 0.6 is 41.9 Å². The standard InChI is InChI=1S/C13H12FIN2S2/c1-8-6-12(17-13(16)19-8)10-7-9(4-5-18-15)2-3-11(10)14/h2-3,7-8,12H,6H2,1H3,(H2,16,17)/t8?,12-/m0/s1. The molecule has 2 nitrogen and oxygen atoms in total. The van der Waals surface area contributed by atoms with Crippen LogP contribution in [0.3, 0.4) is 0 Å². The fraction of sp³-hybridized carbons (Fsp3) is 0.308. The number of nitrogens with two attached hydrogens (primary N) is 1. The van der Waals surface area contributed by atoms with Crippen molar-refractivity contribution >= 4 is 47.1 Å². The maximum absolute atomic E-state index is 14.0. The molecule has 2 N–H and O–H groups in total. The lowest BCUT2D eigenvalue weighted by Gasteiger charge is -2.23. The van der Waals surface area contributed by atoms with E-state index >= 15 is 0 Å². The summed E-state index contributed by atoms with van der Waals surface area (Å²) in [6.07, 6.45) is 0.792. The van der Waals surface area contributed by atoms with Gasteiger partial charge in [0.2, 0.25) is 0 Å². The van der Waals surface area contributed by atoms with Gasteiger partial charge in [0.25, 0.3) is 0 Å². The molecule has 1 aliphatic rings. The smallest absolute Gasteiger partial charge is 0.154 e. The highest BCUT2D eigenvalue weighted by atomic mass is 127. The summed E-state index contributed by atoms with van der Waals surface area (Å²) < 4.78 is 14.0. The van der Waals surface area contributed by atoms with E-state index in [1.807, 2.05) is 0 Å². The summed E-state index contributed by atoms with van der Waals surface area (Å²) >= 11 is 3.64. The minimum absolute atomic E-state index is 0.203. The summed E-state index contributed by atoms with van der Waals surface area (Å²) in [6, 6.07) is 4.71. The minimum Gasteiger partial charge on any atom is -0.379 e. The van der Waals surface area contributed by atoms with Gasteiger partial charge >= 0.3 is 0 Å². The third kappa shape index (κ3) is 4.04. The first kappa shape index (κ1) is 15.0. The highest BCUT2D eigenvalue weighted by molar-refractivity contribution is 14.2. The van der Waals surface area contributed by atoms with Crippen molar-refractivity contribution in [2.24, 2.45) is 10.7 Å². The maximum atomic E-state index is 14.0. The molecule has 0 saturated heterocycles. The van der Waals surface area contributed by atoms with Gasteiger partial charge in [-0.1, -0.05) is 24.6 Å². The Bertz CT molecular complexity index is 565. The molecule has 1 aromatic carbocycles. The van der Waals surface area contributed by atoms with Gasteiger partial charge in [-0.15, -0.1) is 0 Å². The number of hydrogen-bond donors (Lipinski definition) is 1. The average molecular weight is 406 g/mol. The molecule has 1 heterocycles. The minimum atomic E-state index is -0.242. The van der Waals surface area contributed by atoms with E-state index in [0.29, 0.717) is 16.0 Å². The summed E-state index contributed by atoms with van der Waals surface area (Å²) in [5.74, 6) is 2.74. The number of hydrogen-bond acceptors (Lipinski definition) is 4. The van der Waals surface area contributed by atoms with Crippen molar-refractivity contribution in [2.75, 3.05) is 0 Å². The number of rotatable bonds is 1. The van der Waals surface area contributed by atoms with Gasteiger partial charge in [-0.3, -0.25) is 4.99 Å². The van der Waals surface area contributed by atoms with Crippen molar-refractivity contribution in [1.82, 2.24) is 0 Å². The van der Waals surface area contributed by atoms with Gasteiger partial charge in [0.15, 0.2) is 5.17 Å². The Hall–Kier alpha value is -0.390. The van der Waals surface area contributed by atoms with Crippen LogP contribution in [0.5, 0.6) is 0 Å². The van der Waals surface area contributed by atoms with Crippen LogP contribution in [0.4, 0.5) is 4.39 Å². The zero-order valence-electron chi connectivity index (χ0n) is 10.2. The topological polar surface area (TPSA) is 38.4 Å².